The van der Waals surface area contributed by atoms with Crippen molar-refractivity contribution < 1.29 is 23.9 Å². The lowest BCUT2D eigenvalue weighted by Crippen LogP contribution is -2.54. The molecule has 0 spiro atoms. The Morgan fingerprint density at radius 2 is 1.68 bits per heavy atom. The Balaban J connectivity index is 1.70. The fraction of sp³-hybridized carbons (Fsp3) is 0.0800. The summed E-state index contributed by atoms with van der Waals surface area (Å²) in [5.74, 6) is -0.848. The number of anilines is 1. The van der Waals surface area contributed by atoms with Crippen LogP contribution in [-0.2, 0) is 16.2 Å². The Morgan fingerprint density at radius 3 is 2.35 bits per heavy atom. The van der Waals surface area contributed by atoms with E-state index in [1.54, 1.807) is 12.1 Å². The van der Waals surface area contributed by atoms with Crippen LogP contribution in [0.4, 0.5) is 10.5 Å². The molecular weight excluding hydrogens is 479 g/mol. The molecule has 34 heavy (non-hydrogen) atoms. The number of nitrogens with zero attached hydrogens (tertiary/aromatic N) is 1. The van der Waals surface area contributed by atoms with Crippen molar-refractivity contribution in [2.75, 3.05) is 12.0 Å². The summed E-state index contributed by atoms with van der Waals surface area (Å²) in [6.45, 7) is 0.203. The van der Waals surface area contributed by atoms with E-state index in [0.717, 1.165) is 10.5 Å². The number of ether oxygens (including phenoxy) is 2. The van der Waals surface area contributed by atoms with Crippen LogP contribution in [0, 0.1) is 0 Å². The normalized spacial score (nSPS) is 14.9. The highest BCUT2D eigenvalue weighted by Crippen LogP contribution is 2.35. The van der Waals surface area contributed by atoms with Gasteiger partial charge in [0.25, 0.3) is 11.8 Å². The molecule has 1 aliphatic heterocycles. The van der Waals surface area contributed by atoms with Gasteiger partial charge in [-0.25, -0.2) is 9.69 Å². The monoisotopic (exact) mass is 496 g/mol. The summed E-state index contributed by atoms with van der Waals surface area (Å²) in [5.41, 5.74) is 1.20. The highest BCUT2D eigenvalue weighted by molar-refractivity contribution is 6.40. The minimum absolute atomic E-state index is 0.203. The second-order valence-corrected chi connectivity index (χ2v) is 8.08. The Hall–Kier alpha value is -3.81. The average molecular weight is 497 g/mol. The number of hydrogen-bond acceptors (Lipinski definition) is 5. The third-order valence-electron chi connectivity index (χ3n) is 5.00. The van der Waals surface area contributed by atoms with E-state index in [1.807, 2.05) is 30.3 Å². The second-order valence-electron chi connectivity index (χ2n) is 7.24. The molecule has 7 nitrogen and oxygen atoms in total. The summed E-state index contributed by atoms with van der Waals surface area (Å²) in [6.07, 6.45) is 1.30. The first-order chi connectivity index (χ1) is 16.4. The van der Waals surface area contributed by atoms with Crippen molar-refractivity contribution in [1.82, 2.24) is 5.32 Å². The minimum atomic E-state index is -0.859. The summed E-state index contributed by atoms with van der Waals surface area (Å²) >= 11 is 12.5. The fourth-order valence-corrected chi connectivity index (χ4v) is 3.91. The molecule has 172 valence electrons. The van der Waals surface area contributed by atoms with Gasteiger partial charge in [0.15, 0.2) is 0 Å². The molecule has 4 amide bonds. The van der Waals surface area contributed by atoms with E-state index in [4.69, 9.17) is 32.7 Å². The largest absolute Gasteiger partial charge is 0.497 e. The quantitative estimate of drug-likeness (QED) is 0.372. The van der Waals surface area contributed by atoms with Crippen LogP contribution in [0.15, 0.2) is 72.3 Å². The first kappa shape index (κ1) is 23.4. The molecule has 1 saturated heterocycles. The molecule has 3 aromatic carbocycles. The third-order valence-corrected chi connectivity index (χ3v) is 5.49. The molecule has 1 N–H and O–H groups in total. The molecule has 1 aliphatic rings. The van der Waals surface area contributed by atoms with Crippen LogP contribution in [0.25, 0.3) is 6.08 Å². The fourth-order valence-electron chi connectivity index (χ4n) is 3.35. The number of methoxy groups -OCH3 is 1. The van der Waals surface area contributed by atoms with Crippen LogP contribution in [0.2, 0.25) is 10.0 Å². The molecule has 1 heterocycles. The molecular formula is C25H18Cl2N2O5. The summed E-state index contributed by atoms with van der Waals surface area (Å²) < 4.78 is 11.0. The second kappa shape index (κ2) is 9.99. The van der Waals surface area contributed by atoms with Crippen molar-refractivity contribution in [1.29, 1.82) is 0 Å². The average Bonchev–Trinajstić information content (AvgIpc) is 2.82. The minimum Gasteiger partial charge on any atom is -0.497 e. The van der Waals surface area contributed by atoms with Gasteiger partial charge in [0.05, 0.1) is 17.8 Å². The lowest BCUT2D eigenvalue weighted by Gasteiger charge is -2.26. The highest BCUT2D eigenvalue weighted by atomic mass is 35.5. The van der Waals surface area contributed by atoms with E-state index in [-0.39, 0.29) is 33.7 Å². The summed E-state index contributed by atoms with van der Waals surface area (Å²) in [7, 11) is 1.50. The van der Waals surface area contributed by atoms with E-state index in [1.165, 1.54) is 37.5 Å². The van der Waals surface area contributed by atoms with Gasteiger partial charge in [-0.15, -0.1) is 0 Å². The predicted octanol–water partition coefficient (Wildman–Crippen LogP) is 5.25. The van der Waals surface area contributed by atoms with Crippen molar-refractivity contribution in [3.05, 3.63) is 93.5 Å². The Morgan fingerprint density at radius 1 is 0.971 bits per heavy atom. The van der Waals surface area contributed by atoms with Crippen LogP contribution in [-0.4, -0.2) is 25.0 Å². The van der Waals surface area contributed by atoms with Crippen molar-refractivity contribution >= 4 is 52.8 Å². The number of benzene rings is 3. The van der Waals surface area contributed by atoms with Gasteiger partial charge in [0.2, 0.25) is 0 Å². The van der Waals surface area contributed by atoms with Crippen LogP contribution in [0.5, 0.6) is 11.5 Å². The van der Waals surface area contributed by atoms with Crippen molar-refractivity contribution in [3.63, 3.8) is 0 Å². The third kappa shape index (κ3) is 4.90. The Kier molecular flexibility index (Phi) is 6.86. The zero-order valence-corrected chi connectivity index (χ0v) is 19.4. The molecule has 0 radical (unpaired) electrons. The van der Waals surface area contributed by atoms with Crippen LogP contribution < -0.4 is 19.7 Å². The molecule has 9 heteroatoms. The lowest BCUT2D eigenvalue weighted by molar-refractivity contribution is -0.122. The smallest absolute Gasteiger partial charge is 0.335 e. The van der Waals surface area contributed by atoms with Gasteiger partial charge < -0.3 is 9.47 Å². The summed E-state index contributed by atoms with van der Waals surface area (Å²) in [5, 5.41) is 2.68. The number of carbonyl (C=O) groups excluding carboxylic acids is 3. The molecule has 0 aromatic heterocycles. The molecule has 0 aliphatic carbocycles. The van der Waals surface area contributed by atoms with Gasteiger partial charge in [-0.2, -0.15) is 0 Å². The lowest BCUT2D eigenvalue weighted by atomic mass is 10.1. The van der Waals surface area contributed by atoms with Crippen molar-refractivity contribution in [2.24, 2.45) is 0 Å². The number of barbiturate groups is 1. The molecule has 4 rings (SSSR count). The standard InChI is InChI=1S/C25H18Cl2N2O5/c1-33-19-9-7-18(8-10-19)29-24(31)20(23(30)28-25(29)32)12-16-11-17(26)13-21(27)22(16)34-14-15-5-3-2-4-6-15/h2-13H,14H2,1H3,(H,28,30,32)/b20-12+. The number of urea groups is 1. The number of halogens is 2. The number of hydrogen-bond donors (Lipinski definition) is 1. The van der Waals surface area contributed by atoms with Crippen molar-refractivity contribution in [2.45, 2.75) is 6.61 Å². The van der Waals surface area contributed by atoms with Crippen LogP contribution in [0.1, 0.15) is 11.1 Å². The van der Waals surface area contributed by atoms with E-state index >= 15 is 0 Å². The highest BCUT2D eigenvalue weighted by Gasteiger charge is 2.37. The number of amides is 4. The van der Waals surface area contributed by atoms with Gasteiger partial charge in [0.1, 0.15) is 23.7 Å². The number of carbonyl (C=O) groups is 3. The molecule has 0 unspecified atom stereocenters. The van der Waals surface area contributed by atoms with Gasteiger partial charge in [-0.3, -0.25) is 14.9 Å². The molecule has 3 aromatic rings. The summed E-state index contributed by atoms with van der Waals surface area (Å²) in [6, 6.07) is 17.8. The van der Waals surface area contributed by atoms with E-state index in [0.29, 0.717) is 11.3 Å². The Labute approximate surface area is 205 Å². The first-order valence-electron chi connectivity index (χ1n) is 10.1. The van der Waals surface area contributed by atoms with Gasteiger partial charge >= 0.3 is 6.03 Å². The van der Waals surface area contributed by atoms with Gasteiger partial charge in [-0.05, 0) is 48.0 Å². The zero-order valence-electron chi connectivity index (χ0n) is 17.9. The SMILES string of the molecule is COc1ccc(N2C(=O)NC(=O)/C(=C\c3cc(Cl)cc(Cl)c3OCc3ccccc3)C2=O)cc1. The number of imide groups is 2. The maximum Gasteiger partial charge on any atom is 0.335 e. The topological polar surface area (TPSA) is 84.9 Å². The molecule has 0 atom stereocenters. The van der Waals surface area contributed by atoms with E-state index in [9.17, 15) is 14.4 Å². The zero-order chi connectivity index (χ0) is 24.2. The van der Waals surface area contributed by atoms with E-state index in [2.05, 4.69) is 5.32 Å². The van der Waals surface area contributed by atoms with E-state index < -0.39 is 17.8 Å². The molecule has 0 bridgehead atoms. The predicted molar refractivity (Wildman–Crippen MR) is 129 cm³/mol. The van der Waals surface area contributed by atoms with Gasteiger partial charge in [-0.1, -0.05) is 53.5 Å². The number of nitrogens with one attached hydrogen (secondary N) is 1. The molecule has 1 fully saturated rings. The first-order valence-corrected chi connectivity index (χ1v) is 10.8. The Bertz CT molecular complexity index is 1290. The number of rotatable bonds is 6. The van der Waals surface area contributed by atoms with Crippen molar-refractivity contribution in [3.8, 4) is 11.5 Å². The summed E-state index contributed by atoms with van der Waals surface area (Å²) in [4.78, 5) is 39.1. The van der Waals surface area contributed by atoms with Crippen LogP contribution >= 0.6 is 23.2 Å². The molecule has 0 saturated carbocycles. The van der Waals surface area contributed by atoms with Crippen LogP contribution in [0.3, 0.4) is 0 Å². The maximum absolute atomic E-state index is 13.2. The van der Waals surface area contributed by atoms with Gasteiger partial charge in [0, 0.05) is 10.6 Å². The maximum atomic E-state index is 13.2.